The number of hydrogen-bond acceptors (Lipinski definition) is 6. The van der Waals surface area contributed by atoms with E-state index in [0.29, 0.717) is 23.9 Å². The summed E-state index contributed by atoms with van der Waals surface area (Å²) in [4.78, 5) is 25.5. The van der Waals surface area contributed by atoms with Gasteiger partial charge in [0.05, 0.1) is 39.9 Å². The van der Waals surface area contributed by atoms with Crippen LogP contribution in [0.2, 0.25) is 0 Å². The van der Waals surface area contributed by atoms with E-state index in [4.69, 9.17) is 9.05 Å². The molecule has 0 aliphatic carbocycles. The van der Waals surface area contributed by atoms with Gasteiger partial charge in [-0.15, -0.1) is 0 Å². The minimum atomic E-state index is -4.57. The molecule has 0 bridgehead atoms. The van der Waals surface area contributed by atoms with Crippen molar-refractivity contribution in [2.24, 2.45) is 0 Å². The van der Waals surface area contributed by atoms with Gasteiger partial charge in [-0.25, -0.2) is 0 Å². The van der Waals surface area contributed by atoms with E-state index < -0.39 is 20.0 Å². The molecule has 3 atom stereocenters. The molecule has 0 spiro atoms. The number of likely N-dealkylation sites (N-methyl/N-ethyl adjacent to an activating group) is 1. The number of rotatable bonds is 54. The molecule has 0 fully saturated rings. The number of unbranched alkanes of at least 4 members (excludes halogenated alkanes) is 31. The van der Waals surface area contributed by atoms with Crippen LogP contribution in [0.4, 0.5) is 0 Å². The molecule has 9 heteroatoms. The number of carbonyl (C=O) groups is 1. The Kier molecular flexibility index (Phi) is 50.7. The van der Waals surface area contributed by atoms with Crippen LogP contribution in [0.25, 0.3) is 0 Å². The molecule has 0 aromatic heterocycles. The van der Waals surface area contributed by atoms with Gasteiger partial charge in [0.2, 0.25) is 5.91 Å². The number of nitrogens with zero attached hydrogens (tertiary/aromatic N) is 1. The summed E-state index contributed by atoms with van der Waals surface area (Å²) in [5.41, 5.74) is 0. The van der Waals surface area contributed by atoms with Crippen LogP contribution in [-0.4, -0.2) is 68.5 Å². The molecule has 410 valence electrons. The zero-order valence-electron chi connectivity index (χ0n) is 46.7. The number of quaternary nitrogens is 1. The number of phosphoric acid groups is 1. The second kappa shape index (κ2) is 52.1. The van der Waals surface area contributed by atoms with Gasteiger partial charge in [-0.1, -0.05) is 267 Å². The maximum Gasteiger partial charge on any atom is 0.268 e. The van der Waals surface area contributed by atoms with Crippen LogP contribution >= 0.6 is 7.82 Å². The van der Waals surface area contributed by atoms with Gasteiger partial charge >= 0.3 is 0 Å². The molecule has 70 heavy (non-hydrogen) atoms. The molecule has 0 saturated carbocycles. The fourth-order valence-corrected chi connectivity index (χ4v) is 9.38. The molecule has 0 rings (SSSR count). The summed E-state index contributed by atoms with van der Waals surface area (Å²) in [7, 11) is 1.31. The first-order chi connectivity index (χ1) is 34.0. The summed E-state index contributed by atoms with van der Waals surface area (Å²) in [6.07, 6.45) is 69.7. The number of carbonyl (C=O) groups excluding carboxylic acids is 1. The van der Waals surface area contributed by atoms with Crippen LogP contribution in [0.15, 0.2) is 60.8 Å². The Morgan fingerprint density at radius 1 is 0.514 bits per heavy atom. The molecule has 0 aromatic rings. The molecule has 0 heterocycles. The average Bonchev–Trinajstić information content (AvgIpc) is 3.32. The van der Waals surface area contributed by atoms with Gasteiger partial charge in [0.15, 0.2) is 0 Å². The highest BCUT2D eigenvalue weighted by molar-refractivity contribution is 7.45. The number of aliphatic hydroxyl groups excluding tert-OH is 1. The molecular weight excluding hydrogens is 888 g/mol. The zero-order chi connectivity index (χ0) is 51.3. The molecule has 0 aliphatic rings. The van der Waals surface area contributed by atoms with E-state index in [2.05, 4.69) is 79.9 Å². The first-order valence-corrected chi connectivity index (χ1v) is 31.1. The second-order valence-corrected chi connectivity index (χ2v) is 22.7. The fourth-order valence-electron chi connectivity index (χ4n) is 8.66. The van der Waals surface area contributed by atoms with Gasteiger partial charge in [-0.3, -0.25) is 9.36 Å². The van der Waals surface area contributed by atoms with Gasteiger partial charge in [-0.2, -0.15) is 0 Å². The first kappa shape index (κ1) is 68.2. The molecule has 0 saturated heterocycles. The maximum absolute atomic E-state index is 13.0. The Balaban J connectivity index is 4.03. The Labute approximate surface area is 434 Å². The first-order valence-electron chi connectivity index (χ1n) is 29.6. The van der Waals surface area contributed by atoms with Crippen molar-refractivity contribution in [3.63, 3.8) is 0 Å². The number of nitrogens with one attached hydrogen (secondary N) is 1. The molecule has 0 aromatic carbocycles. The van der Waals surface area contributed by atoms with Crippen molar-refractivity contribution in [3.8, 4) is 0 Å². The van der Waals surface area contributed by atoms with Gasteiger partial charge in [0, 0.05) is 6.42 Å². The van der Waals surface area contributed by atoms with Crippen molar-refractivity contribution in [3.05, 3.63) is 60.8 Å². The lowest BCUT2D eigenvalue weighted by Crippen LogP contribution is -2.46. The lowest BCUT2D eigenvalue weighted by molar-refractivity contribution is -0.870. The molecule has 3 unspecified atom stereocenters. The van der Waals surface area contributed by atoms with Crippen LogP contribution in [-0.2, 0) is 18.4 Å². The summed E-state index contributed by atoms with van der Waals surface area (Å²) >= 11 is 0. The van der Waals surface area contributed by atoms with Crippen LogP contribution in [0.3, 0.4) is 0 Å². The maximum atomic E-state index is 13.0. The van der Waals surface area contributed by atoms with Gasteiger partial charge in [-0.05, 0) is 57.8 Å². The third-order valence-electron chi connectivity index (χ3n) is 13.3. The largest absolute Gasteiger partial charge is 0.756 e. The van der Waals surface area contributed by atoms with Crippen molar-refractivity contribution in [2.75, 3.05) is 40.9 Å². The Hall–Kier alpha value is -1.80. The number of amides is 1. The smallest absolute Gasteiger partial charge is 0.268 e. The topological polar surface area (TPSA) is 108 Å². The normalized spacial score (nSPS) is 14.3. The summed E-state index contributed by atoms with van der Waals surface area (Å²) in [5.74, 6) is -0.163. The van der Waals surface area contributed by atoms with E-state index in [0.717, 1.165) is 70.6 Å². The standard InChI is InChI=1S/C61H115N2O6P/c1-6-8-10-12-14-16-18-20-22-23-24-25-26-27-28-29-30-31-32-33-34-35-36-37-38-39-41-43-45-47-49-51-53-55-61(65)62-59(58-69-70(66,67)68-57-56-63(3,4)5)60(64)54-52-50-48-46-44-42-40-21-19-17-15-13-11-9-7-2/h8,10,14,16,20,22,24-25,27-28,59-60,64H,6-7,9,11-13,15,17-19,21,23,26,29-58H2,1-5H3,(H-,62,65,66,67)/b10-8-,16-14-,22-20-,25-24-,28-27-. The summed E-state index contributed by atoms with van der Waals surface area (Å²) in [6, 6.07) is -0.801. The van der Waals surface area contributed by atoms with Crippen molar-refractivity contribution < 1.29 is 32.9 Å². The highest BCUT2D eigenvalue weighted by Crippen LogP contribution is 2.38. The molecular formula is C61H115N2O6P. The van der Waals surface area contributed by atoms with E-state index in [1.165, 1.54) is 173 Å². The highest BCUT2D eigenvalue weighted by Gasteiger charge is 2.24. The highest BCUT2D eigenvalue weighted by atomic mass is 31.2. The van der Waals surface area contributed by atoms with E-state index in [-0.39, 0.29) is 19.1 Å². The Morgan fingerprint density at radius 3 is 1.27 bits per heavy atom. The van der Waals surface area contributed by atoms with Crippen molar-refractivity contribution >= 4 is 13.7 Å². The number of phosphoric ester groups is 1. The summed E-state index contributed by atoms with van der Waals surface area (Å²) in [6.45, 7) is 4.63. The molecule has 1 amide bonds. The Morgan fingerprint density at radius 2 is 0.871 bits per heavy atom. The second-order valence-electron chi connectivity index (χ2n) is 21.3. The van der Waals surface area contributed by atoms with Crippen molar-refractivity contribution in [1.29, 1.82) is 0 Å². The predicted octanol–water partition coefficient (Wildman–Crippen LogP) is 17.5. The fraction of sp³-hybridized carbons (Fsp3) is 0.820. The number of allylic oxidation sites excluding steroid dienone is 10. The lowest BCUT2D eigenvalue weighted by Gasteiger charge is -2.30. The monoisotopic (exact) mass is 1000 g/mol. The molecule has 8 nitrogen and oxygen atoms in total. The summed E-state index contributed by atoms with van der Waals surface area (Å²) in [5, 5.41) is 14.0. The molecule has 0 aliphatic heterocycles. The van der Waals surface area contributed by atoms with Gasteiger partial charge < -0.3 is 28.8 Å². The van der Waals surface area contributed by atoms with E-state index in [1.807, 2.05) is 21.1 Å². The van der Waals surface area contributed by atoms with Crippen LogP contribution < -0.4 is 10.2 Å². The van der Waals surface area contributed by atoms with Crippen molar-refractivity contribution in [2.45, 2.75) is 283 Å². The third-order valence-corrected chi connectivity index (χ3v) is 14.2. The average molecular weight is 1000 g/mol. The minimum absolute atomic E-state index is 0.0122. The third kappa shape index (κ3) is 54.0. The number of hydrogen-bond donors (Lipinski definition) is 2. The molecule has 0 radical (unpaired) electrons. The quantitative estimate of drug-likeness (QED) is 0.0272. The van der Waals surface area contributed by atoms with Crippen LogP contribution in [0.1, 0.15) is 271 Å². The van der Waals surface area contributed by atoms with E-state index in [1.54, 1.807) is 0 Å². The van der Waals surface area contributed by atoms with Crippen LogP contribution in [0, 0.1) is 0 Å². The van der Waals surface area contributed by atoms with Crippen molar-refractivity contribution in [1.82, 2.24) is 5.32 Å². The van der Waals surface area contributed by atoms with E-state index in [9.17, 15) is 19.4 Å². The predicted molar refractivity (Wildman–Crippen MR) is 302 cm³/mol. The van der Waals surface area contributed by atoms with E-state index >= 15 is 0 Å². The molecule has 2 N–H and O–H groups in total. The lowest BCUT2D eigenvalue weighted by atomic mass is 10.0. The Bertz CT molecular complexity index is 1320. The zero-order valence-corrected chi connectivity index (χ0v) is 47.6. The van der Waals surface area contributed by atoms with Crippen LogP contribution in [0.5, 0.6) is 0 Å². The number of aliphatic hydroxyl groups is 1. The van der Waals surface area contributed by atoms with Gasteiger partial charge in [0.1, 0.15) is 13.2 Å². The SMILES string of the molecule is CC/C=C\C/C=C\C/C=C\C/C=C\C/C=C\CCCCCCCCCCCCCCCCCCCC(=O)NC(COP(=O)([O-])OCC[N+](C)(C)C)C(O)CCCCCCCCCCCCCCCCC. The summed E-state index contributed by atoms with van der Waals surface area (Å²) < 4.78 is 23.4. The minimum Gasteiger partial charge on any atom is -0.756 e. The van der Waals surface area contributed by atoms with Gasteiger partial charge in [0.25, 0.3) is 7.82 Å².